The smallest absolute Gasteiger partial charge is 0.337 e. The number of nitrogens with zero attached hydrogens (tertiary/aromatic N) is 4. The average molecular weight is 655 g/mol. The van der Waals surface area contributed by atoms with E-state index in [4.69, 9.17) is 24.3 Å². The molecule has 1 N–H and O–H groups in total. The standard InChI is InChI=1S/C39H50N4O5/c1-8-38(5,6)48-35(37(44)45)34-27(4)40-33-24-31-29-14-11-13-28(23-29)30-22-25(2)15-16-32(30)47-26(3)12-9-10-21-46-39(7)17-19-42(20-18-39)36(34)43(33)41-31/h11,13-16,22-24,26,35H,8-10,12,17-21H2,1-7H3,(H,44,45)/t26-,35-/m0/s1. The quantitative estimate of drug-likeness (QED) is 0.229. The fourth-order valence-electron chi connectivity index (χ4n) is 6.78. The van der Waals surface area contributed by atoms with Crippen LogP contribution in [-0.4, -0.2) is 62.7 Å². The molecule has 256 valence electrons. The molecule has 0 unspecified atom stereocenters. The first-order valence-corrected chi connectivity index (χ1v) is 17.4. The van der Waals surface area contributed by atoms with Crippen molar-refractivity contribution >= 4 is 17.4 Å². The zero-order valence-corrected chi connectivity index (χ0v) is 29.5. The molecule has 2 aromatic heterocycles. The van der Waals surface area contributed by atoms with Crippen LogP contribution in [-0.2, 0) is 14.3 Å². The number of benzene rings is 2. The topological polar surface area (TPSA) is 98.4 Å². The van der Waals surface area contributed by atoms with Gasteiger partial charge >= 0.3 is 5.97 Å². The summed E-state index contributed by atoms with van der Waals surface area (Å²) in [5, 5.41) is 15.7. The summed E-state index contributed by atoms with van der Waals surface area (Å²) in [7, 11) is 0. The van der Waals surface area contributed by atoms with Gasteiger partial charge < -0.3 is 24.2 Å². The van der Waals surface area contributed by atoms with Crippen LogP contribution < -0.4 is 9.64 Å². The highest BCUT2D eigenvalue weighted by Gasteiger charge is 2.38. The van der Waals surface area contributed by atoms with Crippen LogP contribution in [0.4, 0.5) is 5.82 Å². The molecule has 0 radical (unpaired) electrons. The molecule has 5 heterocycles. The zero-order valence-electron chi connectivity index (χ0n) is 29.5. The first-order valence-electron chi connectivity index (χ1n) is 17.4. The van der Waals surface area contributed by atoms with Crippen molar-refractivity contribution in [2.24, 2.45) is 0 Å². The number of anilines is 1. The number of carboxylic acid groups (broad SMARTS) is 1. The maximum absolute atomic E-state index is 12.9. The zero-order chi connectivity index (χ0) is 34.2. The molecule has 2 atom stereocenters. The van der Waals surface area contributed by atoms with Crippen molar-refractivity contribution in [3.63, 3.8) is 0 Å². The lowest BCUT2D eigenvalue weighted by Crippen LogP contribution is -2.46. The Bertz CT molecular complexity index is 1790. The Morgan fingerprint density at radius 2 is 1.85 bits per heavy atom. The second-order valence-electron chi connectivity index (χ2n) is 14.5. The summed E-state index contributed by atoms with van der Waals surface area (Å²) >= 11 is 0. The molecule has 0 spiro atoms. The molecular formula is C39H50N4O5. The van der Waals surface area contributed by atoms with Gasteiger partial charge in [0.2, 0.25) is 0 Å². The highest BCUT2D eigenvalue weighted by Crippen LogP contribution is 2.40. The number of ether oxygens (including phenoxy) is 3. The molecule has 6 bridgehead atoms. The van der Waals surface area contributed by atoms with Crippen molar-refractivity contribution in [1.82, 2.24) is 14.6 Å². The lowest BCUT2D eigenvalue weighted by molar-refractivity contribution is -0.162. The van der Waals surface area contributed by atoms with Crippen molar-refractivity contribution in [2.45, 2.75) is 110 Å². The van der Waals surface area contributed by atoms with E-state index in [-0.39, 0.29) is 11.7 Å². The van der Waals surface area contributed by atoms with Crippen LogP contribution in [0, 0.1) is 13.8 Å². The van der Waals surface area contributed by atoms with Crippen molar-refractivity contribution in [2.75, 3.05) is 24.6 Å². The molecule has 2 aromatic carbocycles. The van der Waals surface area contributed by atoms with Gasteiger partial charge in [-0.2, -0.15) is 9.61 Å². The Balaban J connectivity index is 1.53. The van der Waals surface area contributed by atoms with Crippen molar-refractivity contribution < 1.29 is 24.1 Å². The summed E-state index contributed by atoms with van der Waals surface area (Å²) in [4.78, 5) is 20.1. The number of aryl methyl sites for hydroxylation is 2. The first-order chi connectivity index (χ1) is 22.9. The van der Waals surface area contributed by atoms with Crippen LogP contribution in [0.2, 0.25) is 0 Å². The van der Waals surface area contributed by atoms with E-state index in [1.165, 1.54) is 0 Å². The molecule has 1 saturated heterocycles. The lowest BCUT2D eigenvalue weighted by Gasteiger charge is -2.41. The molecule has 9 nitrogen and oxygen atoms in total. The minimum absolute atomic E-state index is 0.0703. The molecule has 3 aliphatic rings. The fraction of sp³-hybridized carbons (Fsp3) is 0.513. The van der Waals surface area contributed by atoms with E-state index in [1.807, 2.05) is 44.3 Å². The van der Waals surface area contributed by atoms with Gasteiger partial charge in [-0.25, -0.2) is 9.78 Å². The third-order valence-corrected chi connectivity index (χ3v) is 10.1. The Kier molecular flexibility index (Phi) is 9.55. The number of piperidine rings is 1. The van der Waals surface area contributed by atoms with Gasteiger partial charge in [0, 0.05) is 42.6 Å². The predicted octanol–water partition coefficient (Wildman–Crippen LogP) is 8.34. The Morgan fingerprint density at radius 1 is 1.10 bits per heavy atom. The fourth-order valence-corrected chi connectivity index (χ4v) is 6.78. The van der Waals surface area contributed by atoms with Gasteiger partial charge in [-0.1, -0.05) is 36.8 Å². The summed E-state index contributed by atoms with van der Waals surface area (Å²) in [6.07, 6.45) is 4.06. The Hall–Kier alpha value is -3.95. The summed E-state index contributed by atoms with van der Waals surface area (Å²) in [5.41, 5.74) is 5.85. The first kappa shape index (κ1) is 33.9. The second-order valence-corrected chi connectivity index (χ2v) is 14.5. The van der Waals surface area contributed by atoms with Crippen LogP contribution in [0.3, 0.4) is 0 Å². The van der Waals surface area contributed by atoms with E-state index >= 15 is 0 Å². The second kappa shape index (κ2) is 13.5. The lowest BCUT2D eigenvalue weighted by atomic mass is 9.92. The average Bonchev–Trinajstić information content (AvgIpc) is 3.47. The molecule has 48 heavy (non-hydrogen) atoms. The number of rotatable bonds is 5. The van der Waals surface area contributed by atoms with E-state index in [0.29, 0.717) is 43.0 Å². The highest BCUT2D eigenvalue weighted by molar-refractivity contribution is 5.80. The van der Waals surface area contributed by atoms with Gasteiger partial charge in [0.15, 0.2) is 11.8 Å². The molecule has 0 amide bonds. The summed E-state index contributed by atoms with van der Waals surface area (Å²) < 4.78 is 21.3. The van der Waals surface area contributed by atoms with Crippen molar-refractivity contribution in [3.05, 3.63) is 65.4 Å². The Labute approximate surface area is 284 Å². The van der Waals surface area contributed by atoms with Crippen LogP contribution in [0.1, 0.15) is 96.1 Å². The molecule has 7 rings (SSSR count). The van der Waals surface area contributed by atoms with E-state index in [1.54, 1.807) is 0 Å². The number of fused-ring (bicyclic) bond motifs is 8. The molecular weight excluding hydrogens is 604 g/mol. The molecule has 0 aliphatic carbocycles. The number of carbonyl (C=O) groups is 1. The van der Waals surface area contributed by atoms with E-state index in [9.17, 15) is 9.90 Å². The number of hydrogen-bond donors (Lipinski definition) is 1. The molecule has 9 heteroatoms. The third kappa shape index (κ3) is 7.08. The maximum atomic E-state index is 12.9. The summed E-state index contributed by atoms with van der Waals surface area (Å²) in [6.45, 7) is 16.2. The van der Waals surface area contributed by atoms with E-state index in [0.717, 1.165) is 71.6 Å². The van der Waals surface area contributed by atoms with Gasteiger partial charge in [0.1, 0.15) is 11.6 Å². The monoisotopic (exact) mass is 654 g/mol. The molecule has 4 aromatic rings. The van der Waals surface area contributed by atoms with Gasteiger partial charge in [-0.05, 0) is 104 Å². The number of carboxylic acids is 1. The minimum atomic E-state index is -1.21. The van der Waals surface area contributed by atoms with Crippen molar-refractivity contribution in [1.29, 1.82) is 0 Å². The molecule has 1 fully saturated rings. The van der Waals surface area contributed by atoms with E-state index in [2.05, 4.69) is 62.1 Å². The van der Waals surface area contributed by atoms with Crippen LogP contribution in [0.15, 0.2) is 48.5 Å². The SMILES string of the molecule is CCC(C)(C)O[C@H](C(=O)O)c1c(C)nc2cc3nn2c1N1CCC(C)(CC1)OCCCC[C@H](C)Oc1ccc(C)cc1-c1cccc-3c1. The van der Waals surface area contributed by atoms with Gasteiger partial charge in [-0.3, -0.25) is 0 Å². The maximum Gasteiger partial charge on any atom is 0.337 e. The minimum Gasteiger partial charge on any atom is -0.490 e. The highest BCUT2D eigenvalue weighted by atomic mass is 16.5. The van der Waals surface area contributed by atoms with Gasteiger partial charge in [0.25, 0.3) is 0 Å². The predicted molar refractivity (Wildman–Crippen MR) is 189 cm³/mol. The summed E-state index contributed by atoms with van der Waals surface area (Å²) in [6, 6.07) is 16.7. The van der Waals surface area contributed by atoms with Crippen LogP contribution in [0.25, 0.3) is 28.0 Å². The normalized spacial score (nSPS) is 21.1. The van der Waals surface area contributed by atoms with Gasteiger partial charge in [0.05, 0.1) is 28.6 Å². The van der Waals surface area contributed by atoms with E-state index < -0.39 is 17.7 Å². The third-order valence-electron chi connectivity index (χ3n) is 10.1. The Morgan fingerprint density at radius 3 is 2.58 bits per heavy atom. The number of hydrogen-bond acceptors (Lipinski definition) is 7. The van der Waals surface area contributed by atoms with Crippen molar-refractivity contribution in [3.8, 4) is 28.1 Å². The van der Waals surface area contributed by atoms with Crippen LogP contribution in [0.5, 0.6) is 5.75 Å². The van der Waals surface area contributed by atoms with Gasteiger partial charge in [-0.15, -0.1) is 0 Å². The summed E-state index contributed by atoms with van der Waals surface area (Å²) in [5.74, 6) is 0.542. The van der Waals surface area contributed by atoms with Crippen LogP contribution >= 0.6 is 0 Å². The molecule has 3 aliphatic heterocycles. The molecule has 0 saturated carbocycles. The largest absolute Gasteiger partial charge is 0.490 e. The number of aliphatic carboxylic acids is 1. The number of aromatic nitrogens is 3.